The number of fused-ring (bicyclic) bond motifs is 1. The Morgan fingerprint density at radius 2 is 1.78 bits per heavy atom. The highest BCUT2D eigenvalue weighted by atomic mass is 35.5. The van der Waals surface area contributed by atoms with E-state index in [1.165, 1.54) is 38.5 Å². The van der Waals surface area contributed by atoms with Crippen LogP contribution >= 0.6 is 11.6 Å². The Balaban J connectivity index is 1.52. The van der Waals surface area contributed by atoms with E-state index in [0.29, 0.717) is 5.41 Å². The maximum Gasteiger partial charge on any atom is 0.139 e. The normalized spacial score (nSPS) is 19.1. The highest BCUT2D eigenvalue weighted by molar-refractivity contribution is 6.30. The van der Waals surface area contributed by atoms with E-state index in [1.807, 2.05) is 30.6 Å². The third kappa shape index (κ3) is 3.06. The molecule has 27 heavy (non-hydrogen) atoms. The summed E-state index contributed by atoms with van der Waals surface area (Å²) in [4.78, 5) is 16.2. The molecule has 5 rings (SSSR count). The maximum atomic E-state index is 6.20. The van der Waals surface area contributed by atoms with Gasteiger partial charge in [-0.05, 0) is 48.8 Å². The van der Waals surface area contributed by atoms with E-state index in [2.05, 4.69) is 20.9 Å². The van der Waals surface area contributed by atoms with Crippen LogP contribution in [0.15, 0.2) is 43.0 Å². The Bertz CT molecular complexity index is 971. The lowest BCUT2D eigenvalue weighted by molar-refractivity contribution is 0.226. The van der Waals surface area contributed by atoms with Gasteiger partial charge >= 0.3 is 0 Å². The van der Waals surface area contributed by atoms with Crippen LogP contribution in [0.4, 0.5) is 5.82 Å². The van der Waals surface area contributed by atoms with Crippen molar-refractivity contribution in [2.24, 2.45) is 5.41 Å². The molecule has 2 aliphatic rings. The van der Waals surface area contributed by atoms with Crippen LogP contribution in [0.3, 0.4) is 0 Å². The molecule has 1 aliphatic carbocycles. The van der Waals surface area contributed by atoms with Gasteiger partial charge in [0.15, 0.2) is 0 Å². The molecule has 2 fully saturated rings. The quantitative estimate of drug-likeness (QED) is 0.590. The molecule has 0 radical (unpaired) electrons. The van der Waals surface area contributed by atoms with E-state index in [0.717, 1.165) is 46.0 Å². The van der Waals surface area contributed by atoms with Crippen molar-refractivity contribution in [1.29, 1.82) is 0 Å². The van der Waals surface area contributed by atoms with Crippen molar-refractivity contribution in [2.75, 3.05) is 18.0 Å². The van der Waals surface area contributed by atoms with Crippen molar-refractivity contribution >= 4 is 28.3 Å². The van der Waals surface area contributed by atoms with Crippen LogP contribution in [0.2, 0.25) is 5.02 Å². The third-order valence-electron chi connectivity index (χ3n) is 6.45. The molecule has 5 heteroatoms. The minimum absolute atomic E-state index is 0.601. The molecule has 1 spiro atoms. The average molecular weight is 379 g/mol. The zero-order valence-electron chi connectivity index (χ0n) is 15.4. The van der Waals surface area contributed by atoms with Crippen molar-refractivity contribution in [1.82, 2.24) is 15.0 Å². The Morgan fingerprint density at radius 1 is 0.963 bits per heavy atom. The Labute approximate surface area is 164 Å². The molecule has 0 unspecified atom stereocenters. The average Bonchev–Trinajstić information content (AvgIpc) is 3.16. The summed E-state index contributed by atoms with van der Waals surface area (Å²) in [5, 5.41) is 1.74. The summed E-state index contributed by atoms with van der Waals surface area (Å²) in [5.74, 6) is 1.02. The summed E-state index contributed by atoms with van der Waals surface area (Å²) >= 11 is 6.20. The van der Waals surface area contributed by atoms with Gasteiger partial charge in [-0.1, -0.05) is 36.6 Å². The Morgan fingerprint density at radius 3 is 2.56 bits per heavy atom. The van der Waals surface area contributed by atoms with E-state index in [1.54, 1.807) is 6.33 Å². The van der Waals surface area contributed by atoms with E-state index >= 15 is 0 Å². The summed E-state index contributed by atoms with van der Waals surface area (Å²) in [6, 6.07) is 7.86. The van der Waals surface area contributed by atoms with Gasteiger partial charge in [0.25, 0.3) is 0 Å². The molecule has 0 atom stereocenters. The molecule has 1 aromatic carbocycles. The largest absolute Gasteiger partial charge is 0.356 e. The van der Waals surface area contributed by atoms with Gasteiger partial charge in [0.2, 0.25) is 0 Å². The second-order valence-electron chi connectivity index (χ2n) is 7.99. The lowest BCUT2D eigenvalue weighted by atomic mass is 9.77. The van der Waals surface area contributed by atoms with Crippen molar-refractivity contribution in [3.63, 3.8) is 0 Å². The zero-order valence-corrected chi connectivity index (χ0v) is 16.1. The predicted octanol–water partition coefficient (Wildman–Crippen LogP) is 5.51. The van der Waals surface area contributed by atoms with Crippen LogP contribution in [-0.4, -0.2) is 28.0 Å². The van der Waals surface area contributed by atoms with Crippen molar-refractivity contribution in [2.45, 2.75) is 38.5 Å². The Hall–Kier alpha value is -2.20. The van der Waals surface area contributed by atoms with E-state index in [4.69, 9.17) is 16.6 Å². The standard InChI is InChI=1S/C22H23ClN4/c23-17-5-3-4-16(12-17)18-14-25-21(19-13-24-15-26-20(18)19)27-10-8-22(9-11-27)6-1-2-7-22/h3-5,12-15H,1-2,6-11H2. The number of pyridine rings is 1. The van der Waals surface area contributed by atoms with Gasteiger partial charge in [-0.25, -0.2) is 15.0 Å². The van der Waals surface area contributed by atoms with Gasteiger partial charge in [-0.15, -0.1) is 0 Å². The fourth-order valence-corrected chi connectivity index (χ4v) is 5.09. The lowest BCUT2D eigenvalue weighted by Crippen LogP contribution is -2.39. The number of halogens is 1. The van der Waals surface area contributed by atoms with E-state index in [9.17, 15) is 0 Å². The van der Waals surface area contributed by atoms with Crippen molar-refractivity contribution < 1.29 is 0 Å². The summed E-state index contributed by atoms with van der Waals surface area (Å²) in [6.07, 6.45) is 13.6. The second-order valence-corrected chi connectivity index (χ2v) is 8.42. The fourth-order valence-electron chi connectivity index (χ4n) is 4.90. The molecule has 3 heterocycles. The monoisotopic (exact) mass is 378 g/mol. The summed E-state index contributed by atoms with van der Waals surface area (Å²) in [7, 11) is 0. The van der Waals surface area contributed by atoms with Crippen LogP contribution in [0.25, 0.3) is 22.0 Å². The first-order valence-electron chi connectivity index (χ1n) is 9.84. The molecular formula is C22H23ClN4. The first kappa shape index (κ1) is 16.9. The number of nitrogens with zero attached hydrogens (tertiary/aromatic N) is 4. The number of aromatic nitrogens is 3. The second kappa shape index (κ2) is 6.75. The smallest absolute Gasteiger partial charge is 0.139 e. The van der Waals surface area contributed by atoms with Crippen LogP contribution < -0.4 is 4.90 Å². The topological polar surface area (TPSA) is 41.9 Å². The van der Waals surface area contributed by atoms with Gasteiger partial charge in [0.1, 0.15) is 12.1 Å². The molecule has 1 saturated carbocycles. The van der Waals surface area contributed by atoms with Gasteiger partial charge in [0.05, 0.1) is 10.9 Å². The minimum atomic E-state index is 0.601. The van der Waals surface area contributed by atoms with Crippen LogP contribution in [-0.2, 0) is 0 Å². The lowest BCUT2D eigenvalue weighted by Gasteiger charge is -2.40. The zero-order chi connectivity index (χ0) is 18.3. The first-order chi connectivity index (χ1) is 13.2. The summed E-state index contributed by atoms with van der Waals surface area (Å²) < 4.78 is 0. The summed E-state index contributed by atoms with van der Waals surface area (Å²) in [5.41, 5.74) is 3.58. The van der Waals surface area contributed by atoms with Gasteiger partial charge in [-0.2, -0.15) is 0 Å². The fraction of sp³-hybridized carbons (Fsp3) is 0.409. The van der Waals surface area contributed by atoms with E-state index < -0.39 is 0 Å². The minimum Gasteiger partial charge on any atom is -0.356 e. The molecule has 3 aromatic rings. The van der Waals surface area contributed by atoms with Gasteiger partial charge < -0.3 is 4.90 Å². The molecule has 1 aliphatic heterocycles. The number of benzene rings is 1. The molecule has 0 amide bonds. The molecule has 4 nitrogen and oxygen atoms in total. The molecule has 1 saturated heterocycles. The van der Waals surface area contributed by atoms with Crippen LogP contribution in [0.1, 0.15) is 38.5 Å². The van der Waals surface area contributed by atoms with Crippen LogP contribution in [0, 0.1) is 5.41 Å². The van der Waals surface area contributed by atoms with Crippen molar-refractivity contribution in [3.05, 3.63) is 48.0 Å². The predicted molar refractivity (Wildman–Crippen MR) is 110 cm³/mol. The number of anilines is 1. The SMILES string of the molecule is Clc1cccc(-c2cnc(N3CCC4(CCCC4)CC3)c3cncnc23)c1. The van der Waals surface area contributed by atoms with Gasteiger partial charge in [-0.3, -0.25) is 0 Å². The highest BCUT2D eigenvalue weighted by Crippen LogP contribution is 2.47. The molecular weight excluding hydrogens is 356 g/mol. The number of rotatable bonds is 2. The molecule has 2 aromatic heterocycles. The number of hydrogen-bond donors (Lipinski definition) is 0. The first-order valence-corrected chi connectivity index (χ1v) is 10.2. The number of piperidine rings is 1. The van der Waals surface area contributed by atoms with E-state index in [-0.39, 0.29) is 0 Å². The van der Waals surface area contributed by atoms with Crippen molar-refractivity contribution in [3.8, 4) is 11.1 Å². The third-order valence-corrected chi connectivity index (χ3v) is 6.68. The Kier molecular flexibility index (Phi) is 4.24. The molecule has 0 N–H and O–H groups in total. The molecule has 0 bridgehead atoms. The molecule has 138 valence electrons. The van der Waals surface area contributed by atoms with Gasteiger partial charge in [0, 0.05) is 36.1 Å². The highest BCUT2D eigenvalue weighted by Gasteiger charge is 2.37. The number of hydrogen-bond acceptors (Lipinski definition) is 4. The van der Waals surface area contributed by atoms with Crippen LogP contribution in [0.5, 0.6) is 0 Å². The summed E-state index contributed by atoms with van der Waals surface area (Å²) in [6.45, 7) is 2.15. The maximum absolute atomic E-state index is 6.20.